The van der Waals surface area contributed by atoms with Gasteiger partial charge in [-0.05, 0) is 30.9 Å². The van der Waals surface area contributed by atoms with Crippen LogP contribution in [0.5, 0.6) is 0 Å². The van der Waals surface area contributed by atoms with Crippen molar-refractivity contribution in [2.45, 2.75) is 50.3 Å². The monoisotopic (exact) mass is 574 g/mol. The fourth-order valence-electron chi connectivity index (χ4n) is 4.50. The highest BCUT2D eigenvalue weighted by Crippen LogP contribution is 2.38. The van der Waals surface area contributed by atoms with Gasteiger partial charge in [0.05, 0.1) is 6.54 Å². The fourth-order valence-corrected chi connectivity index (χ4v) is 4.84. The van der Waals surface area contributed by atoms with Crippen molar-refractivity contribution in [3.63, 3.8) is 0 Å². The van der Waals surface area contributed by atoms with E-state index in [9.17, 15) is 0 Å². The molecule has 2 aromatic rings. The van der Waals surface area contributed by atoms with Gasteiger partial charge in [0.15, 0.2) is 11.8 Å². The Morgan fingerprint density at radius 3 is 2.84 bits per heavy atom. The average Bonchev–Trinajstić information content (AvgIpc) is 3.19. The van der Waals surface area contributed by atoms with Gasteiger partial charge in [0.2, 0.25) is 0 Å². The minimum Gasteiger partial charge on any atom is -0.381 e. The van der Waals surface area contributed by atoms with Gasteiger partial charge in [-0.25, -0.2) is 9.67 Å². The van der Waals surface area contributed by atoms with Crippen LogP contribution in [0, 0.1) is 0 Å². The summed E-state index contributed by atoms with van der Waals surface area (Å²) in [4.78, 5) is 9.02. The summed E-state index contributed by atoms with van der Waals surface area (Å²) in [6, 6.07) is 8.38. The molecule has 3 heterocycles. The predicted octanol–water partition coefficient (Wildman–Crippen LogP) is 2.92. The molecule has 0 amide bonds. The summed E-state index contributed by atoms with van der Waals surface area (Å²) in [5.41, 5.74) is 1.10. The zero-order valence-electron chi connectivity index (χ0n) is 18.6. The lowest BCUT2D eigenvalue weighted by Crippen LogP contribution is -2.51. The van der Waals surface area contributed by atoms with E-state index in [2.05, 4.69) is 37.8 Å². The zero-order valence-corrected chi connectivity index (χ0v) is 21.7. The van der Waals surface area contributed by atoms with Crippen LogP contribution in [0.25, 0.3) is 0 Å². The van der Waals surface area contributed by atoms with Gasteiger partial charge in [-0.15, -0.1) is 24.0 Å². The van der Waals surface area contributed by atoms with Crippen molar-refractivity contribution in [2.24, 2.45) is 4.99 Å². The Morgan fingerprint density at radius 1 is 1.34 bits per heavy atom. The number of nitrogens with one attached hydrogen (secondary N) is 2. The quantitative estimate of drug-likeness (QED) is 0.314. The second-order valence-corrected chi connectivity index (χ2v) is 8.64. The number of nitrogens with zero attached hydrogens (tertiary/aromatic N) is 4. The Balaban J connectivity index is 0.00000289. The van der Waals surface area contributed by atoms with E-state index >= 15 is 0 Å². The third kappa shape index (κ3) is 5.73. The van der Waals surface area contributed by atoms with E-state index in [4.69, 9.17) is 21.1 Å². The molecule has 2 aliphatic heterocycles. The maximum Gasteiger partial charge on any atom is 0.191 e. The molecule has 0 aliphatic carbocycles. The summed E-state index contributed by atoms with van der Waals surface area (Å²) in [7, 11) is 3.47. The van der Waals surface area contributed by atoms with Crippen molar-refractivity contribution in [3.05, 3.63) is 46.5 Å². The van der Waals surface area contributed by atoms with Crippen LogP contribution in [0.3, 0.4) is 0 Å². The van der Waals surface area contributed by atoms with Crippen LogP contribution in [0.1, 0.15) is 36.5 Å². The largest absolute Gasteiger partial charge is 0.381 e. The number of benzene rings is 1. The molecule has 176 valence electrons. The van der Waals surface area contributed by atoms with Crippen LogP contribution in [0.2, 0.25) is 5.02 Å². The number of aliphatic imine (C=N–C) groups is 1. The molecule has 1 saturated heterocycles. The van der Waals surface area contributed by atoms with Gasteiger partial charge in [0.1, 0.15) is 12.4 Å². The van der Waals surface area contributed by atoms with Crippen LogP contribution in [-0.2, 0) is 34.5 Å². The number of rotatable bonds is 6. The Labute approximate surface area is 211 Å². The maximum atomic E-state index is 6.59. The van der Waals surface area contributed by atoms with Crippen LogP contribution in [0.4, 0.5) is 0 Å². The molecule has 1 atom stereocenters. The molecule has 10 heteroatoms. The van der Waals surface area contributed by atoms with Crippen molar-refractivity contribution in [1.82, 2.24) is 25.4 Å². The van der Waals surface area contributed by atoms with Crippen LogP contribution in [-0.4, -0.2) is 60.7 Å². The highest BCUT2D eigenvalue weighted by atomic mass is 127. The molecule has 0 radical (unpaired) electrons. The van der Waals surface area contributed by atoms with Crippen molar-refractivity contribution < 1.29 is 9.47 Å². The summed E-state index contributed by atoms with van der Waals surface area (Å²) in [6.07, 6.45) is 3.71. The van der Waals surface area contributed by atoms with E-state index in [1.807, 2.05) is 23.9 Å². The Bertz CT molecular complexity index is 916. The molecular weight excluding hydrogens is 543 g/mol. The lowest BCUT2D eigenvalue weighted by Gasteiger charge is -2.39. The fraction of sp³-hybridized carbons (Fsp3) is 0.591. The highest BCUT2D eigenvalue weighted by Gasteiger charge is 2.36. The Kier molecular flexibility index (Phi) is 9.15. The molecule has 1 aromatic heterocycles. The summed E-state index contributed by atoms with van der Waals surface area (Å²) in [5, 5.41) is 12.5. The minimum absolute atomic E-state index is 0. The number of ether oxygens (including phenoxy) is 2. The molecule has 1 unspecified atom stereocenters. The number of methoxy groups -OCH3 is 1. The predicted molar refractivity (Wildman–Crippen MR) is 136 cm³/mol. The van der Waals surface area contributed by atoms with Crippen molar-refractivity contribution in [2.75, 3.05) is 33.9 Å². The Hall–Kier alpha value is -1.43. The standard InChI is InChI=1S/C22H31ClN6O2.HI/c1-24-21(26-16-7-8-20-27-19(14-30-2)28-29(20)13-16)25-15-22(9-11-31-12-10-22)17-5-3-4-6-18(17)23;/h3-6,16H,7-15H2,1-2H3,(H2,24,25,26);1H. The number of aryl methyl sites for hydroxylation is 1. The van der Waals surface area contributed by atoms with Gasteiger partial charge in [0, 0.05) is 56.8 Å². The molecule has 1 aromatic carbocycles. The molecule has 8 nitrogen and oxygen atoms in total. The molecule has 0 saturated carbocycles. The third-order valence-electron chi connectivity index (χ3n) is 6.23. The van der Waals surface area contributed by atoms with Gasteiger partial charge < -0.3 is 20.1 Å². The number of guanidine groups is 1. The summed E-state index contributed by atoms with van der Waals surface area (Å²) in [5.74, 6) is 2.55. The first-order valence-corrected chi connectivity index (χ1v) is 11.2. The number of aromatic nitrogens is 3. The van der Waals surface area contributed by atoms with Gasteiger partial charge >= 0.3 is 0 Å². The number of halogens is 2. The molecule has 1 fully saturated rings. The van der Waals surface area contributed by atoms with Crippen molar-refractivity contribution >= 4 is 41.5 Å². The molecular formula is C22H32ClIN6O2. The van der Waals surface area contributed by atoms with E-state index in [1.165, 1.54) is 5.56 Å². The first kappa shape index (κ1) is 25.2. The first-order chi connectivity index (χ1) is 15.1. The molecule has 4 rings (SSSR count). The van der Waals surface area contributed by atoms with Crippen molar-refractivity contribution in [3.8, 4) is 0 Å². The Morgan fingerprint density at radius 2 is 2.12 bits per heavy atom. The van der Waals surface area contributed by atoms with Gasteiger partial charge in [-0.1, -0.05) is 29.8 Å². The van der Waals surface area contributed by atoms with Gasteiger partial charge in [-0.3, -0.25) is 4.99 Å². The lowest BCUT2D eigenvalue weighted by molar-refractivity contribution is 0.0514. The maximum absolute atomic E-state index is 6.59. The van der Waals surface area contributed by atoms with Crippen LogP contribution in [0.15, 0.2) is 29.3 Å². The number of fused-ring (bicyclic) bond motifs is 1. The topological polar surface area (TPSA) is 85.6 Å². The summed E-state index contributed by atoms with van der Waals surface area (Å²) in [6.45, 7) is 3.42. The normalized spacial score (nSPS) is 20.2. The zero-order chi connectivity index (χ0) is 21.7. The van der Waals surface area contributed by atoms with E-state index in [1.54, 1.807) is 7.11 Å². The molecule has 32 heavy (non-hydrogen) atoms. The average molecular weight is 575 g/mol. The van der Waals surface area contributed by atoms with Crippen LogP contribution >= 0.6 is 35.6 Å². The van der Waals surface area contributed by atoms with E-state index in [-0.39, 0.29) is 35.4 Å². The molecule has 2 N–H and O–H groups in total. The number of hydrogen-bond acceptors (Lipinski definition) is 5. The second kappa shape index (κ2) is 11.6. The molecule has 0 spiro atoms. The summed E-state index contributed by atoms with van der Waals surface area (Å²) < 4.78 is 12.8. The van der Waals surface area contributed by atoms with Crippen molar-refractivity contribution in [1.29, 1.82) is 0 Å². The summed E-state index contributed by atoms with van der Waals surface area (Å²) >= 11 is 6.59. The third-order valence-corrected chi connectivity index (χ3v) is 6.56. The van der Waals surface area contributed by atoms with Crippen LogP contribution < -0.4 is 10.6 Å². The van der Waals surface area contributed by atoms with Gasteiger partial charge in [-0.2, -0.15) is 5.10 Å². The van der Waals surface area contributed by atoms with E-state index in [0.29, 0.717) is 6.61 Å². The molecule has 2 aliphatic rings. The van der Waals surface area contributed by atoms with E-state index in [0.717, 1.165) is 74.6 Å². The van der Waals surface area contributed by atoms with E-state index < -0.39 is 0 Å². The second-order valence-electron chi connectivity index (χ2n) is 8.24. The molecule has 0 bridgehead atoms. The number of hydrogen-bond donors (Lipinski definition) is 2. The SMILES string of the molecule is CN=C(NCC1(c2ccccc2Cl)CCOCC1)NC1CCc2nc(COC)nn2C1.I. The van der Waals surface area contributed by atoms with Gasteiger partial charge in [0.25, 0.3) is 0 Å². The lowest BCUT2D eigenvalue weighted by atomic mass is 9.74. The minimum atomic E-state index is -0.0745. The first-order valence-electron chi connectivity index (χ1n) is 10.8. The smallest absolute Gasteiger partial charge is 0.191 e. The highest BCUT2D eigenvalue weighted by molar-refractivity contribution is 14.0.